The first kappa shape index (κ1) is 14.2. The topological polar surface area (TPSA) is 52.5 Å². The SMILES string of the molecule is C[C@@H](O)CN1CCN(c2cnc3ccccc3n2)C[C@@H]1C. The second kappa shape index (κ2) is 5.95. The van der Waals surface area contributed by atoms with Crippen LogP contribution in [0.25, 0.3) is 11.0 Å². The van der Waals surface area contributed by atoms with Gasteiger partial charge in [0.05, 0.1) is 23.3 Å². The average Bonchev–Trinajstić information content (AvgIpc) is 2.48. The number of hydrogen-bond donors (Lipinski definition) is 1. The van der Waals surface area contributed by atoms with Crippen LogP contribution in [0.5, 0.6) is 0 Å². The summed E-state index contributed by atoms with van der Waals surface area (Å²) < 4.78 is 0. The van der Waals surface area contributed by atoms with Crippen molar-refractivity contribution in [3.63, 3.8) is 0 Å². The molecule has 0 spiro atoms. The van der Waals surface area contributed by atoms with Crippen molar-refractivity contribution >= 4 is 16.9 Å². The quantitative estimate of drug-likeness (QED) is 0.927. The molecule has 2 aromatic rings. The highest BCUT2D eigenvalue weighted by Gasteiger charge is 2.25. The molecule has 112 valence electrons. The summed E-state index contributed by atoms with van der Waals surface area (Å²) in [5, 5.41) is 9.55. The lowest BCUT2D eigenvalue weighted by Crippen LogP contribution is -2.53. The molecule has 0 amide bonds. The van der Waals surface area contributed by atoms with E-state index in [0.717, 1.165) is 43.0 Å². The van der Waals surface area contributed by atoms with Crippen LogP contribution in [0.1, 0.15) is 13.8 Å². The van der Waals surface area contributed by atoms with Crippen molar-refractivity contribution in [3.8, 4) is 0 Å². The smallest absolute Gasteiger partial charge is 0.147 e. The van der Waals surface area contributed by atoms with Crippen molar-refractivity contribution in [3.05, 3.63) is 30.5 Å². The molecule has 1 aromatic heterocycles. The number of aliphatic hydroxyl groups excluding tert-OH is 1. The van der Waals surface area contributed by atoms with Crippen LogP contribution in [-0.4, -0.2) is 58.3 Å². The van der Waals surface area contributed by atoms with E-state index in [4.69, 9.17) is 4.98 Å². The Hall–Kier alpha value is -1.72. The summed E-state index contributed by atoms with van der Waals surface area (Å²) in [6.07, 6.45) is 1.58. The van der Waals surface area contributed by atoms with E-state index in [2.05, 4.69) is 21.7 Å². The first-order chi connectivity index (χ1) is 10.1. The van der Waals surface area contributed by atoms with E-state index in [9.17, 15) is 5.11 Å². The molecule has 2 atom stereocenters. The van der Waals surface area contributed by atoms with Gasteiger partial charge in [-0.25, -0.2) is 4.98 Å². The Labute approximate surface area is 125 Å². The maximum absolute atomic E-state index is 9.55. The molecule has 3 rings (SSSR count). The van der Waals surface area contributed by atoms with Crippen LogP contribution >= 0.6 is 0 Å². The molecule has 0 saturated carbocycles. The summed E-state index contributed by atoms with van der Waals surface area (Å²) in [5.74, 6) is 0.942. The molecular weight excluding hydrogens is 264 g/mol. The Morgan fingerprint density at radius 1 is 1.29 bits per heavy atom. The van der Waals surface area contributed by atoms with E-state index >= 15 is 0 Å². The third-order valence-electron chi connectivity index (χ3n) is 4.02. The fourth-order valence-electron chi connectivity index (χ4n) is 2.91. The van der Waals surface area contributed by atoms with Crippen molar-refractivity contribution in [1.82, 2.24) is 14.9 Å². The minimum atomic E-state index is -0.278. The fourth-order valence-corrected chi connectivity index (χ4v) is 2.91. The lowest BCUT2D eigenvalue weighted by molar-refractivity contribution is 0.0959. The summed E-state index contributed by atoms with van der Waals surface area (Å²) >= 11 is 0. The van der Waals surface area contributed by atoms with Gasteiger partial charge in [0.1, 0.15) is 5.82 Å². The second-order valence-corrected chi connectivity index (χ2v) is 5.86. The summed E-state index contributed by atoms with van der Waals surface area (Å²) in [7, 11) is 0. The standard InChI is InChI=1S/C16H22N4O/c1-12-10-20(8-7-19(12)11-13(2)21)16-9-17-14-5-3-4-6-15(14)18-16/h3-6,9,12-13,21H,7-8,10-11H2,1-2H3/t12-,13+/m0/s1. The van der Waals surface area contributed by atoms with Crippen LogP contribution in [0.2, 0.25) is 0 Å². The predicted octanol–water partition coefficient (Wildman–Crippen LogP) is 1.52. The van der Waals surface area contributed by atoms with Gasteiger partial charge in [-0.15, -0.1) is 0 Å². The van der Waals surface area contributed by atoms with Crippen LogP contribution in [0.15, 0.2) is 30.5 Å². The molecule has 1 fully saturated rings. The highest BCUT2D eigenvalue weighted by atomic mass is 16.3. The maximum Gasteiger partial charge on any atom is 0.147 e. The summed E-state index contributed by atoms with van der Waals surface area (Å²) in [6.45, 7) is 7.56. The lowest BCUT2D eigenvalue weighted by Gasteiger charge is -2.40. The van der Waals surface area contributed by atoms with Gasteiger partial charge in [-0.05, 0) is 26.0 Å². The molecular formula is C16H22N4O. The van der Waals surface area contributed by atoms with E-state index in [-0.39, 0.29) is 6.10 Å². The van der Waals surface area contributed by atoms with Crippen molar-refractivity contribution < 1.29 is 5.11 Å². The minimum Gasteiger partial charge on any atom is -0.392 e. The van der Waals surface area contributed by atoms with Crippen LogP contribution in [0.4, 0.5) is 5.82 Å². The Balaban J connectivity index is 1.75. The molecule has 0 bridgehead atoms. The van der Waals surface area contributed by atoms with Crippen molar-refractivity contribution in [2.75, 3.05) is 31.1 Å². The summed E-state index contributed by atoms with van der Waals surface area (Å²) in [4.78, 5) is 13.8. The van der Waals surface area contributed by atoms with Crippen LogP contribution in [0.3, 0.4) is 0 Å². The minimum absolute atomic E-state index is 0.278. The Morgan fingerprint density at radius 2 is 2.05 bits per heavy atom. The number of fused-ring (bicyclic) bond motifs is 1. The maximum atomic E-state index is 9.55. The van der Waals surface area contributed by atoms with Gasteiger partial charge in [-0.1, -0.05) is 12.1 Å². The van der Waals surface area contributed by atoms with Crippen molar-refractivity contribution in [1.29, 1.82) is 0 Å². The molecule has 1 aromatic carbocycles. The molecule has 1 N–H and O–H groups in total. The van der Waals surface area contributed by atoms with Gasteiger partial charge in [-0.2, -0.15) is 0 Å². The number of anilines is 1. The van der Waals surface area contributed by atoms with E-state index in [0.29, 0.717) is 6.04 Å². The Bertz CT molecular complexity index is 616. The van der Waals surface area contributed by atoms with Gasteiger partial charge in [0.2, 0.25) is 0 Å². The average molecular weight is 286 g/mol. The van der Waals surface area contributed by atoms with E-state index in [1.807, 2.05) is 37.4 Å². The van der Waals surface area contributed by atoms with Gasteiger partial charge >= 0.3 is 0 Å². The number of aromatic nitrogens is 2. The second-order valence-electron chi connectivity index (χ2n) is 5.86. The molecule has 0 aliphatic carbocycles. The Kier molecular flexibility index (Phi) is 4.03. The molecule has 0 radical (unpaired) electrons. The summed E-state index contributed by atoms with van der Waals surface area (Å²) in [5.41, 5.74) is 1.87. The molecule has 21 heavy (non-hydrogen) atoms. The zero-order valence-electron chi connectivity index (χ0n) is 12.6. The number of aliphatic hydroxyl groups is 1. The van der Waals surface area contributed by atoms with Crippen LogP contribution in [-0.2, 0) is 0 Å². The first-order valence-corrected chi connectivity index (χ1v) is 7.52. The highest BCUT2D eigenvalue weighted by molar-refractivity contribution is 5.75. The molecule has 1 aliphatic heterocycles. The highest BCUT2D eigenvalue weighted by Crippen LogP contribution is 2.19. The monoisotopic (exact) mass is 286 g/mol. The third kappa shape index (κ3) is 3.14. The number of piperazine rings is 1. The summed E-state index contributed by atoms with van der Waals surface area (Å²) in [6, 6.07) is 8.35. The number of hydrogen-bond acceptors (Lipinski definition) is 5. The lowest BCUT2D eigenvalue weighted by atomic mass is 10.1. The Morgan fingerprint density at radius 3 is 2.76 bits per heavy atom. The number of β-amino-alcohol motifs (C(OH)–C–C–N with tert-alkyl or cyclic N) is 1. The van der Waals surface area contributed by atoms with Crippen LogP contribution in [0, 0.1) is 0 Å². The van der Waals surface area contributed by atoms with Crippen LogP contribution < -0.4 is 4.90 Å². The molecule has 2 heterocycles. The molecule has 5 heteroatoms. The van der Waals surface area contributed by atoms with E-state index in [1.165, 1.54) is 0 Å². The predicted molar refractivity (Wildman–Crippen MR) is 84.5 cm³/mol. The molecule has 1 aliphatic rings. The number of benzene rings is 1. The van der Waals surface area contributed by atoms with E-state index in [1.54, 1.807) is 0 Å². The number of para-hydroxylation sites is 2. The largest absolute Gasteiger partial charge is 0.392 e. The molecule has 0 unspecified atom stereocenters. The third-order valence-corrected chi connectivity index (χ3v) is 4.02. The van der Waals surface area contributed by atoms with Crippen molar-refractivity contribution in [2.24, 2.45) is 0 Å². The zero-order valence-corrected chi connectivity index (χ0v) is 12.6. The van der Waals surface area contributed by atoms with Crippen molar-refractivity contribution in [2.45, 2.75) is 26.0 Å². The van der Waals surface area contributed by atoms with Gasteiger partial charge in [-0.3, -0.25) is 9.88 Å². The van der Waals surface area contributed by atoms with Gasteiger partial charge in [0, 0.05) is 32.2 Å². The first-order valence-electron chi connectivity index (χ1n) is 7.52. The fraction of sp³-hybridized carbons (Fsp3) is 0.500. The van der Waals surface area contributed by atoms with Gasteiger partial charge < -0.3 is 10.0 Å². The van der Waals surface area contributed by atoms with Gasteiger partial charge in [0.25, 0.3) is 0 Å². The zero-order chi connectivity index (χ0) is 14.8. The molecule has 1 saturated heterocycles. The number of rotatable bonds is 3. The normalized spacial score (nSPS) is 21.7. The van der Waals surface area contributed by atoms with Gasteiger partial charge in [0.15, 0.2) is 0 Å². The van der Waals surface area contributed by atoms with E-state index < -0.39 is 0 Å². The number of nitrogens with zero attached hydrogens (tertiary/aromatic N) is 4. The molecule has 5 nitrogen and oxygen atoms in total.